The van der Waals surface area contributed by atoms with Crippen molar-refractivity contribution in [2.45, 2.75) is 33.6 Å². The van der Waals surface area contributed by atoms with Crippen LogP contribution in [0, 0.1) is 24.0 Å². The van der Waals surface area contributed by atoms with E-state index < -0.39 is 17.5 Å². The first-order valence-corrected chi connectivity index (χ1v) is 7.82. The fourth-order valence-corrected chi connectivity index (χ4v) is 3.19. The van der Waals surface area contributed by atoms with Crippen LogP contribution in [0.2, 0.25) is 0 Å². The number of rotatable bonds is 2. The molecule has 0 aliphatic heterocycles. The van der Waals surface area contributed by atoms with Crippen molar-refractivity contribution in [3.05, 3.63) is 52.5 Å². The van der Waals surface area contributed by atoms with E-state index in [2.05, 4.69) is 10.5 Å². The summed E-state index contributed by atoms with van der Waals surface area (Å²) < 4.78 is 32.4. The van der Waals surface area contributed by atoms with E-state index in [9.17, 15) is 18.8 Å². The van der Waals surface area contributed by atoms with E-state index in [1.165, 1.54) is 0 Å². The number of carbonyl (C=O) groups excluding carboxylic acids is 1. The van der Waals surface area contributed by atoms with Crippen molar-refractivity contribution in [1.29, 1.82) is 0 Å². The lowest BCUT2D eigenvalue weighted by molar-refractivity contribution is 0.0992. The number of fused-ring (bicyclic) bond motifs is 1. The largest absolute Gasteiger partial charge is 0.455 e. The Morgan fingerprint density at radius 1 is 1.32 bits per heavy atom. The predicted octanol–water partition coefficient (Wildman–Crippen LogP) is 4.27. The zero-order chi connectivity index (χ0) is 18.4. The molecule has 0 radical (unpaired) electrons. The Bertz CT molecular complexity index is 885. The van der Waals surface area contributed by atoms with E-state index in [1.807, 2.05) is 13.8 Å². The number of nitrogens with one attached hydrogen (secondary N) is 1. The Morgan fingerprint density at radius 3 is 2.68 bits per heavy atom. The number of halogens is 2. The molecule has 1 aliphatic carbocycles. The number of oxime groups is 1. The highest BCUT2D eigenvalue weighted by atomic mass is 19.1. The van der Waals surface area contributed by atoms with E-state index >= 15 is 0 Å². The van der Waals surface area contributed by atoms with Gasteiger partial charge in [-0.15, -0.1) is 0 Å². The van der Waals surface area contributed by atoms with Crippen molar-refractivity contribution in [1.82, 2.24) is 0 Å². The second-order valence-electron chi connectivity index (χ2n) is 7.00. The average Bonchev–Trinajstić information content (AvgIpc) is 2.84. The van der Waals surface area contributed by atoms with Gasteiger partial charge in [-0.05, 0) is 30.9 Å². The van der Waals surface area contributed by atoms with Gasteiger partial charge in [0.25, 0.3) is 5.91 Å². The maximum atomic E-state index is 13.7. The van der Waals surface area contributed by atoms with Gasteiger partial charge in [0, 0.05) is 23.6 Å². The molecule has 5 nitrogen and oxygen atoms in total. The summed E-state index contributed by atoms with van der Waals surface area (Å²) in [7, 11) is 0. The van der Waals surface area contributed by atoms with Crippen molar-refractivity contribution in [2.24, 2.45) is 10.6 Å². The fourth-order valence-electron chi connectivity index (χ4n) is 3.19. The highest BCUT2D eigenvalue weighted by Gasteiger charge is 2.36. The summed E-state index contributed by atoms with van der Waals surface area (Å²) in [5.74, 6) is -1.67. The molecule has 2 aromatic rings. The van der Waals surface area contributed by atoms with Crippen molar-refractivity contribution in [2.75, 3.05) is 5.32 Å². The van der Waals surface area contributed by atoms with E-state index in [1.54, 1.807) is 6.92 Å². The number of amides is 1. The number of nitrogens with zero attached hydrogens (tertiary/aromatic N) is 1. The third kappa shape index (κ3) is 3.14. The SMILES string of the molecule is Cc1c(C(=O)Nc2ccc(F)cc2F)oc2c1/C(=N\O)CC(C)(C)C2. The third-order valence-electron chi connectivity index (χ3n) is 4.30. The van der Waals surface area contributed by atoms with Crippen LogP contribution in [-0.2, 0) is 6.42 Å². The molecule has 1 heterocycles. The molecule has 0 atom stereocenters. The Kier molecular flexibility index (Phi) is 4.10. The summed E-state index contributed by atoms with van der Waals surface area (Å²) in [6.07, 6.45) is 1.13. The summed E-state index contributed by atoms with van der Waals surface area (Å²) >= 11 is 0. The number of carbonyl (C=O) groups is 1. The molecule has 1 aliphatic rings. The van der Waals surface area contributed by atoms with E-state index in [-0.39, 0.29) is 16.9 Å². The summed E-state index contributed by atoms with van der Waals surface area (Å²) in [6, 6.07) is 2.89. The lowest BCUT2D eigenvalue weighted by Gasteiger charge is -2.28. The van der Waals surface area contributed by atoms with Gasteiger partial charge in [-0.1, -0.05) is 19.0 Å². The third-order valence-corrected chi connectivity index (χ3v) is 4.30. The highest BCUT2D eigenvalue weighted by molar-refractivity contribution is 6.09. The number of hydrogen-bond acceptors (Lipinski definition) is 4. The predicted molar refractivity (Wildman–Crippen MR) is 88.2 cm³/mol. The second-order valence-corrected chi connectivity index (χ2v) is 7.00. The van der Waals surface area contributed by atoms with Crippen LogP contribution in [0.4, 0.5) is 14.5 Å². The van der Waals surface area contributed by atoms with Gasteiger partial charge in [-0.2, -0.15) is 0 Å². The Hall–Kier alpha value is -2.70. The zero-order valence-electron chi connectivity index (χ0n) is 14.1. The minimum atomic E-state index is -0.874. The molecule has 1 amide bonds. The van der Waals surface area contributed by atoms with Crippen LogP contribution in [-0.4, -0.2) is 16.8 Å². The molecular formula is C18H18F2N2O3. The maximum absolute atomic E-state index is 13.7. The summed E-state index contributed by atoms with van der Waals surface area (Å²) in [5.41, 5.74) is 1.29. The standard InChI is InChI=1S/C18H18F2N2O3/c1-9-15-13(22-24)7-18(2,3)8-14(15)25-16(9)17(23)21-12-5-4-10(19)6-11(12)20/h4-6,24H,7-8H2,1-3H3,(H,21,23)/b22-13-. The monoisotopic (exact) mass is 348 g/mol. The van der Waals surface area contributed by atoms with Crippen LogP contribution in [0.5, 0.6) is 0 Å². The Labute approximate surface area is 143 Å². The second kappa shape index (κ2) is 5.98. The Morgan fingerprint density at radius 2 is 2.04 bits per heavy atom. The van der Waals surface area contributed by atoms with Crippen LogP contribution in [0.15, 0.2) is 27.8 Å². The normalized spacial score (nSPS) is 17.4. The minimum absolute atomic E-state index is 0.0209. The molecule has 0 spiro atoms. The van der Waals surface area contributed by atoms with Crippen LogP contribution >= 0.6 is 0 Å². The van der Waals surface area contributed by atoms with E-state index in [4.69, 9.17) is 4.42 Å². The lowest BCUT2D eigenvalue weighted by Crippen LogP contribution is -2.27. The number of hydrogen-bond donors (Lipinski definition) is 2. The van der Waals surface area contributed by atoms with Crippen LogP contribution in [0.3, 0.4) is 0 Å². The number of benzene rings is 1. The summed E-state index contributed by atoms with van der Waals surface area (Å²) in [5, 5.41) is 15.0. The van der Waals surface area contributed by atoms with Gasteiger partial charge >= 0.3 is 0 Å². The molecule has 0 saturated carbocycles. The highest BCUT2D eigenvalue weighted by Crippen LogP contribution is 2.39. The Balaban J connectivity index is 1.96. The van der Waals surface area contributed by atoms with Gasteiger partial charge in [0.1, 0.15) is 17.4 Å². The summed E-state index contributed by atoms with van der Waals surface area (Å²) in [6.45, 7) is 5.70. The first kappa shape index (κ1) is 17.1. The smallest absolute Gasteiger partial charge is 0.291 e. The number of furan rings is 1. The molecule has 1 aromatic carbocycles. The molecule has 0 saturated heterocycles. The topological polar surface area (TPSA) is 74.8 Å². The first-order valence-electron chi connectivity index (χ1n) is 7.82. The molecule has 2 N–H and O–H groups in total. The molecule has 0 unspecified atom stereocenters. The quantitative estimate of drug-likeness (QED) is 0.629. The summed E-state index contributed by atoms with van der Waals surface area (Å²) in [4.78, 5) is 12.5. The van der Waals surface area contributed by atoms with Crippen molar-refractivity contribution in [3.63, 3.8) is 0 Å². The van der Waals surface area contributed by atoms with Gasteiger partial charge in [-0.3, -0.25) is 4.79 Å². The molecule has 0 fully saturated rings. The molecular weight excluding hydrogens is 330 g/mol. The fraction of sp³-hybridized carbons (Fsp3) is 0.333. The molecule has 3 rings (SSSR count). The van der Waals surface area contributed by atoms with Gasteiger partial charge in [0.2, 0.25) is 0 Å². The van der Waals surface area contributed by atoms with Crippen LogP contribution in [0.25, 0.3) is 0 Å². The average molecular weight is 348 g/mol. The van der Waals surface area contributed by atoms with Gasteiger partial charge in [-0.25, -0.2) is 8.78 Å². The van der Waals surface area contributed by atoms with Crippen LogP contribution < -0.4 is 5.32 Å². The van der Waals surface area contributed by atoms with Crippen molar-refractivity contribution >= 4 is 17.3 Å². The van der Waals surface area contributed by atoms with Gasteiger partial charge in [0.05, 0.1) is 11.4 Å². The molecule has 7 heteroatoms. The van der Waals surface area contributed by atoms with E-state index in [0.717, 1.165) is 12.1 Å². The number of anilines is 1. The molecule has 132 valence electrons. The lowest BCUT2D eigenvalue weighted by atomic mass is 9.75. The molecule has 1 aromatic heterocycles. The van der Waals surface area contributed by atoms with E-state index in [0.29, 0.717) is 41.5 Å². The minimum Gasteiger partial charge on any atom is -0.455 e. The zero-order valence-corrected chi connectivity index (χ0v) is 14.1. The maximum Gasteiger partial charge on any atom is 0.291 e. The van der Waals surface area contributed by atoms with Crippen LogP contribution in [0.1, 0.15) is 47.7 Å². The van der Waals surface area contributed by atoms with Crippen molar-refractivity contribution in [3.8, 4) is 0 Å². The van der Waals surface area contributed by atoms with Gasteiger partial charge < -0.3 is 14.9 Å². The molecule has 25 heavy (non-hydrogen) atoms. The van der Waals surface area contributed by atoms with Crippen molar-refractivity contribution < 1.29 is 23.2 Å². The molecule has 0 bridgehead atoms. The first-order chi connectivity index (χ1) is 11.7. The van der Waals surface area contributed by atoms with Gasteiger partial charge in [0.15, 0.2) is 5.76 Å².